The van der Waals surface area contributed by atoms with E-state index in [2.05, 4.69) is 10.3 Å². The quantitative estimate of drug-likeness (QED) is 0.354. The molecular formula is C14H30IN3O4S2. The van der Waals surface area contributed by atoms with Crippen molar-refractivity contribution in [3.63, 3.8) is 0 Å². The highest BCUT2D eigenvalue weighted by Gasteiger charge is 2.41. The van der Waals surface area contributed by atoms with Crippen LogP contribution in [0.25, 0.3) is 0 Å². The van der Waals surface area contributed by atoms with Crippen LogP contribution in [0.1, 0.15) is 34.6 Å². The Morgan fingerprint density at radius 1 is 1.33 bits per heavy atom. The summed E-state index contributed by atoms with van der Waals surface area (Å²) < 4.78 is 46.0. The number of guanidine groups is 1. The lowest BCUT2D eigenvalue weighted by Crippen LogP contribution is -2.57. The highest BCUT2D eigenvalue weighted by molar-refractivity contribution is 14.0. The second-order valence-electron chi connectivity index (χ2n) is 7.20. The fraction of sp³-hybridized carbons (Fsp3) is 0.929. The lowest BCUT2D eigenvalue weighted by atomic mass is 10.2. The molecule has 0 radical (unpaired) electrons. The first-order valence-corrected chi connectivity index (χ1v) is 11.2. The summed E-state index contributed by atoms with van der Waals surface area (Å²) in [4.78, 5) is 6.34. The largest absolute Gasteiger partial charge is 0.357 e. The van der Waals surface area contributed by atoms with Gasteiger partial charge in [0.25, 0.3) is 0 Å². The first-order chi connectivity index (χ1) is 10.2. The Labute approximate surface area is 163 Å². The number of rotatable bonds is 4. The van der Waals surface area contributed by atoms with Crippen molar-refractivity contribution in [1.29, 1.82) is 0 Å². The van der Waals surface area contributed by atoms with Crippen LogP contribution in [0, 0.1) is 0 Å². The van der Waals surface area contributed by atoms with Crippen LogP contribution in [0.15, 0.2) is 4.99 Å². The summed E-state index contributed by atoms with van der Waals surface area (Å²) in [5, 5.41) is 3.13. The molecule has 7 nitrogen and oxygen atoms in total. The SMILES string of the molecule is CCNC(=NCC(C)(C)S(C)(=O)=O)N1CCS(=O)(=O)C(C)(C)C1.I. The maximum atomic E-state index is 12.1. The number of nitrogens with one attached hydrogen (secondary N) is 1. The van der Waals surface area contributed by atoms with E-state index in [4.69, 9.17) is 0 Å². The third-order valence-electron chi connectivity index (χ3n) is 4.29. The standard InChI is InChI=1S/C14H29N3O4S2.HI/c1-7-15-12(16-10-13(2,3)22(6,18)19)17-8-9-23(20,21)14(4,5)11-17;/h7-11H2,1-6H3,(H,15,16);1H. The predicted octanol–water partition coefficient (Wildman–Crippen LogP) is 0.902. The van der Waals surface area contributed by atoms with Gasteiger partial charge >= 0.3 is 0 Å². The van der Waals surface area contributed by atoms with Gasteiger partial charge in [-0.3, -0.25) is 4.99 Å². The van der Waals surface area contributed by atoms with Crippen LogP contribution in [-0.4, -0.2) is 75.4 Å². The molecule has 0 aromatic carbocycles. The molecule has 1 saturated heterocycles. The minimum atomic E-state index is -3.23. The van der Waals surface area contributed by atoms with Crippen molar-refractivity contribution in [3.05, 3.63) is 0 Å². The monoisotopic (exact) mass is 495 g/mol. The van der Waals surface area contributed by atoms with Crippen LogP contribution in [0.4, 0.5) is 0 Å². The van der Waals surface area contributed by atoms with Crippen molar-refractivity contribution in [3.8, 4) is 0 Å². The third-order valence-corrected chi connectivity index (χ3v) is 8.96. The third kappa shape index (κ3) is 5.45. The Kier molecular flexibility index (Phi) is 8.03. The summed E-state index contributed by atoms with van der Waals surface area (Å²) in [7, 11) is -6.36. The Morgan fingerprint density at radius 3 is 2.29 bits per heavy atom. The molecular weight excluding hydrogens is 465 g/mol. The molecule has 0 aromatic heterocycles. The number of hydrogen-bond donors (Lipinski definition) is 1. The topological polar surface area (TPSA) is 95.9 Å². The number of halogens is 1. The van der Waals surface area contributed by atoms with E-state index in [1.807, 2.05) is 11.8 Å². The molecule has 0 amide bonds. The smallest absolute Gasteiger partial charge is 0.194 e. The zero-order chi connectivity index (χ0) is 18.1. The van der Waals surface area contributed by atoms with Gasteiger partial charge in [0.1, 0.15) is 0 Å². The van der Waals surface area contributed by atoms with Crippen molar-refractivity contribution < 1.29 is 16.8 Å². The van der Waals surface area contributed by atoms with E-state index in [-0.39, 0.29) is 36.3 Å². The molecule has 0 aliphatic carbocycles. The van der Waals surface area contributed by atoms with E-state index in [1.54, 1.807) is 27.7 Å². The number of nitrogens with zero attached hydrogens (tertiary/aromatic N) is 2. The minimum Gasteiger partial charge on any atom is -0.357 e. The molecule has 0 saturated carbocycles. The molecule has 1 aliphatic rings. The highest BCUT2D eigenvalue weighted by Crippen LogP contribution is 2.24. The predicted molar refractivity (Wildman–Crippen MR) is 110 cm³/mol. The molecule has 0 aromatic rings. The first kappa shape index (κ1) is 23.9. The zero-order valence-electron chi connectivity index (χ0n) is 15.3. The van der Waals surface area contributed by atoms with Crippen LogP contribution in [-0.2, 0) is 19.7 Å². The van der Waals surface area contributed by atoms with E-state index >= 15 is 0 Å². The van der Waals surface area contributed by atoms with E-state index in [0.717, 1.165) is 0 Å². The maximum absolute atomic E-state index is 12.1. The molecule has 1 fully saturated rings. The Bertz CT molecular complexity index is 670. The van der Waals surface area contributed by atoms with Crippen LogP contribution >= 0.6 is 24.0 Å². The van der Waals surface area contributed by atoms with E-state index < -0.39 is 29.2 Å². The lowest BCUT2D eigenvalue weighted by Gasteiger charge is -2.39. The summed E-state index contributed by atoms with van der Waals surface area (Å²) in [6.07, 6.45) is 1.20. The summed E-state index contributed by atoms with van der Waals surface area (Å²) in [5.74, 6) is 0.632. The van der Waals surface area contributed by atoms with Crippen molar-refractivity contribution in [1.82, 2.24) is 10.2 Å². The molecule has 0 unspecified atom stereocenters. The van der Waals surface area contributed by atoms with Gasteiger partial charge in [-0.15, -0.1) is 24.0 Å². The maximum Gasteiger partial charge on any atom is 0.194 e. The van der Waals surface area contributed by atoms with E-state index in [0.29, 0.717) is 25.6 Å². The van der Waals surface area contributed by atoms with Gasteiger partial charge in [-0.25, -0.2) is 16.8 Å². The summed E-state index contributed by atoms with van der Waals surface area (Å²) in [5.41, 5.74) is 0. The van der Waals surface area contributed by atoms with Gasteiger partial charge in [-0.2, -0.15) is 0 Å². The Balaban J connectivity index is 0.00000529. The average molecular weight is 495 g/mol. The molecule has 24 heavy (non-hydrogen) atoms. The van der Waals surface area contributed by atoms with Crippen LogP contribution in [0.5, 0.6) is 0 Å². The molecule has 0 bridgehead atoms. The zero-order valence-corrected chi connectivity index (χ0v) is 19.3. The van der Waals surface area contributed by atoms with Gasteiger partial charge in [-0.1, -0.05) is 0 Å². The molecule has 1 aliphatic heterocycles. The van der Waals surface area contributed by atoms with Crippen molar-refractivity contribution >= 4 is 49.6 Å². The second-order valence-corrected chi connectivity index (χ2v) is 12.6. The van der Waals surface area contributed by atoms with E-state index in [1.165, 1.54) is 6.26 Å². The van der Waals surface area contributed by atoms with Gasteiger partial charge < -0.3 is 10.2 Å². The number of hydrogen-bond acceptors (Lipinski definition) is 5. The second kappa shape index (κ2) is 8.07. The molecule has 0 spiro atoms. The summed E-state index contributed by atoms with van der Waals surface area (Å²) >= 11 is 0. The molecule has 10 heteroatoms. The summed E-state index contributed by atoms with van der Waals surface area (Å²) in [6.45, 7) is 10.1. The van der Waals surface area contributed by atoms with Crippen molar-refractivity contribution in [2.45, 2.75) is 44.1 Å². The molecule has 144 valence electrons. The Hall–Kier alpha value is -0.100. The number of aliphatic imine (C=N–C) groups is 1. The van der Waals surface area contributed by atoms with Crippen LogP contribution < -0.4 is 5.32 Å². The fourth-order valence-electron chi connectivity index (χ4n) is 2.13. The molecule has 1 rings (SSSR count). The van der Waals surface area contributed by atoms with Crippen molar-refractivity contribution in [2.75, 3.05) is 38.2 Å². The van der Waals surface area contributed by atoms with Gasteiger partial charge in [0, 0.05) is 25.9 Å². The highest BCUT2D eigenvalue weighted by atomic mass is 127. The number of sulfone groups is 2. The molecule has 1 N–H and O–H groups in total. The lowest BCUT2D eigenvalue weighted by molar-refractivity contribution is 0.353. The van der Waals surface area contributed by atoms with Gasteiger partial charge in [-0.05, 0) is 34.6 Å². The molecule has 1 heterocycles. The van der Waals surface area contributed by atoms with Crippen LogP contribution in [0.2, 0.25) is 0 Å². The fourth-order valence-corrected chi connectivity index (χ4v) is 3.80. The first-order valence-electron chi connectivity index (χ1n) is 7.69. The van der Waals surface area contributed by atoms with Crippen LogP contribution in [0.3, 0.4) is 0 Å². The normalized spacial score (nSPS) is 21.1. The van der Waals surface area contributed by atoms with Gasteiger partial charge in [0.15, 0.2) is 25.6 Å². The average Bonchev–Trinajstić information content (AvgIpc) is 2.36. The minimum absolute atomic E-state index is 0. The van der Waals surface area contributed by atoms with Gasteiger partial charge in [0.05, 0.1) is 21.8 Å². The Morgan fingerprint density at radius 2 is 1.88 bits per heavy atom. The van der Waals surface area contributed by atoms with E-state index in [9.17, 15) is 16.8 Å². The van der Waals surface area contributed by atoms with Gasteiger partial charge in [0.2, 0.25) is 0 Å². The van der Waals surface area contributed by atoms with Crippen molar-refractivity contribution in [2.24, 2.45) is 4.99 Å². The summed E-state index contributed by atoms with van der Waals surface area (Å²) in [6, 6.07) is 0. The molecule has 0 atom stereocenters.